The van der Waals surface area contributed by atoms with E-state index in [0.29, 0.717) is 0 Å². The summed E-state index contributed by atoms with van der Waals surface area (Å²) >= 11 is 1.50. The fourth-order valence-electron chi connectivity index (χ4n) is 1.41. The number of rotatable bonds is 3. The summed E-state index contributed by atoms with van der Waals surface area (Å²) in [6.07, 6.45) is 3.76. The molecule has 0 spiro atoms. The molecule has 17 heavy (non-hydrogen) atoms. The van der Waals surface area contributed by atoms with Crippen LogP contribution in [0.1, 0.15) is 10.6 Å². The lowest BCUT2D eigenvalue weighted by molar-refractivity contribution is -0.139. The maximum atomic E-state index is 11.2. The van der Waals surface area contributed by atoms with E-state index in [2.05, 4.69) is 14.7 Å². The zero-order valence-corrected chi connectivity index (χ0v) is 10.5. The van der Waals surface area contributed by atoms with Gasteiger partial charge in [-0.25, -0.2) is 4.98 Å². The van der Waals surface area contributed by atoms with Crippen LogP contribution in [0.5, 0.6) is 0 Å². The predicted octanol–water partition coefficient (Wildman–Crippen LogP) is 2.23. The number of hydrogen-bond donors (Lipinski definition) is 0. The first-order valence-corrected chi connectivity index (χ1v) is 5.96. The summed E-state index contributed by atoms with van der Waals surface area (Å²) in [4.78, 5) is 20.7. The number of ether oxygens (including phenoxy) is 1. The van der Waals surface area contributed by atoms with Gasteiger partial charge in [0.25, 0.3) is 0 Å². The Morgan fingerprint density at radius 3 is 3.00 bits per heavy atom. The topological polar surface area (TPSA) is 52.1 Å². The van der Waals surface area contributed by atoms with Gasteiger partial charge in [-0.15, -0.1) is 11.3 Å². The van der Waals surface area contributed by atoms with Crippen LogP contribution in [0.15, 0.2) is 24.5 Å². The summed E-state index contributed by atoms with van der Waals surface area (Å²) < 4.78 is 4.65. The molecule has 2 rings (SSSR count). The molecular weight excluding hydrogens is 236 g/mol. The van der Waals surface area contributed by atoms with Crippen LogP contribution in [0.2, 0.25) is 0 Å². The maximum Gasteiger partial charge on any atom is 0.310 e. The molecule has 2 aromatic heterocycles. The molecule has 5 heteroatoms. The first-order chi connectivity index (χ1) is 8.20. The molecule has 0 atom stereocenters. The number of hydrogen-bond acceptors (Lipinski definition) is 5. The minimum Gasteiger partial charge on any atom is -0.469 e. The quantitative estimate of drug-likeness (QED) is 0.782. The fourth-order valence-corrected chi connectivity index (χ4v) is 2.45. The summed E-state index contributed by atoms with van der Waals surface area (Å²) in [5.74, 6) is -0.241. The van der Waals surface area contributed by atoms with Gasteiger partial charge in [-0.2, -0.15) is 0 Å². The van der Waals surface area contributed by atoms with Crippen LogP contribution in [-0.2, 0) is 16.0 Å². The van der Waals surface area contributed by atoms with E-state index in [-0.39, 0.29) is 12.4 Å². The van der Waals surface area contributed by atoms with E-state index >= 15 is 0 Å². The second kappa shape index (κ2) is 5.05. The largest absolute Gasteiger partial charge is 0.469 e. The lowest BCUT2D eigenvalue weighted by Crippen LogP contribution is -2.03. The van der Waals surface area contributed by atoms with Gasteiger partial charge >= 0.3 is 5.97 Å². The Balaban J connectivity index is 2.28. The van der Waals surface area contributed by atoms with Crippen LogP contribution in [0.3, 0.4) is 0 Å². The summed E-state index contributed by atoms with van der Waals surface area (Å²) in [6.45, 7) is 1.90. The van der Waals surface area contributed by atoms with Crippen LogP contribution in [0, 0.1) is 6.92 Å². The van der Waals surface area contributed by atoms with Crippen molar-refractivity contribution in [1.29, 1.82) is 0 Å². The molecule has 0 aliphatic carbocycles. The molecule has 0 saturated carbocycles. The molecule has 0 bridgehead atoms. The number of thiazole rings is 1. The number of carbonyl (C=O) groups excluding carboxylic acids is 1. The lowest BCUT2D eigenvalue weighted by Gasteiger charge is -1.95. The van der Waals surface area contributed by atoms with Gasteiger partial charge in [-0.3, -0.25) is 9.78 Å². The summed E-state index contributed by atoms with van der Waals surface area (Å²) in [5.41, 5.74) is 1.84. The average molecular weight is 248 g/mol. The molecule has 0 radical (unpaired) electrons. The van der Waals surface area contributed by atoms with Crippen molar-refractivity contribution in [3.8, 4) is 10.6 Å². The Hall–Kier alpha value is -1.75. The van der Waals surface area contributed by atoms with E-state index in [1.54, 1.807) is 12.4 Å². The number of carbonyl (C=O) groups is 1. The Kier molecular flexibility index (Phi) is 3.49. The highest BCUT2D eigenvalue weighted by Gasteiger charge is 2.12. The maximum absolute atomic E-state index is 11.2. The van der Waals surface area contributed by atoms with Gasteiger partial charge in [0.15, 0.2) is 0 Å². The van der Waals surface area contributed by atoms with Gasteiger partial charge in [-0.1, -0.05) is 0 Å². The van der Waals surface area contributed by atoms with Crippen LogP contribution in [0.4, 0.5) is 0 Å². The second-order valence-corrected chi connectivity index (χ2v) is 4.61. The molecule has 88 valence electrons. The summed E-state index contributed by atoms with van der Waals surface area (Å²) in [6, 6.07) is 3.82. The molecule has 0 aliphatic heterocycles. The number of pyridine rings is 1. The monoisotopic (exact) mass is 248 g/mol. The Morgan fingerprint density at radius 1 is 1.53 bits per heavy atom. The van der Waals surface area contributed by atoms with Crippen molar-refractivity contribution in [3.63, 3.8) is 0 Å². The van der Waals surface area contributed by atoms with Crippen molar-refractivity contribution in [2.24, 2.45) is 0 Å². The van der Waals surface area contributed by atoms with E-state index < -0.39 is 0 Å². The first kappa shape index (κ1) is 11.7. The Labute approximate surface area is 103 Å². The number of nitrogens with zero attached hydrogens (tertiary/aromatic N) is 2. The van der Waals surface area contributed by atoms with Crippen molar-refractivity contribution >= 4 is 17.3 Å². The van der Waals surface area contributed by atoms with Crippen LogP contribution < -0.4 is 0 Å². The smallest absolute Gasteiger partial charge is 0.310 e. The van der Waals surface area contributed by atoms with E-state index in [9.17, 15) is 4.79 Å². The zero-order valence-electron chi connectivity index (χ0n) is 9.64. The van der Waals surface area contributed by atoms with Gasteiger partial charge in [-0.05, 0) is 19.1 Å². The molecule has 0 N–H and O–H groups in total. The van der Waals surface area contributed by atoms with Gasteiger partial charge < -0.3 is 4.74 Å². The molecule has 0 saturated heterocycles. The van der Waals surface area contributed by atoms with Crippen molar-refractivity contribution in [2.75, 3.05) is 7.11 Å². The second-order valence-electron chi connectivity index (χ2n) is 3.52. The molecule has 4 nitrogen and oxygen atoms in total. The lowest BCUT2D eigenvalue weighted by atomic mass is 10.3. The van der Waals surface area contributed by atoms with E-state index in [1.807, 2.05) is 19.1 Å². The van der Waals surface area contributed by atoms with E-state index in [0.717, 1.165) is 21.1 Å². The minimum absolute atomic E-state index is 0.241. The fraction of sp³-hybridized carbons (Fsp3) is 0.250. The van der Waals surface area contributed by atoms with Crippen molar-refractivity contribution in [3.05, 3.63) is 35.1 Å². The third-order valence-corrected chi connectivity index (χ3v) is 3.54. The van der Waals surface area contributed by atoms with Gasteiger partial charge in [0.05, 0.1) is 19.2 Å². The number of aromatic nitrogens is 2. The third kappa shape index (κ3) is 2.68. The SMILES string of the molecule is COC(=O)Cc1sc(-c2cccnc2)nc1C. The highest BCUT2D eigenvalue weighted by Crippen LogP contribution is 2.27. The van der Waals surface area contributed by atoms with E-state index in [1.165, 1.54) is 18.4 Å². The van der Waals surface area contributed by atoms with Gasteiger partial charge in [0, 0.05) is 22.8 Å². The van der Waals surface area contributed by atoms with Gasteiger partial charge in [0.1, 0.15) is 5.01 Å². The molecule has 2 aromatic rings. The molecule has 0 aromatic carbocycles. The highest BCUT2D eigenvalue weighted by molar-refractivity contribution is 7.15. The average Bonchev–Trinajstić information content (AvgIpc) is 2.72. The van der Waals surface area contributed by atoms with E-state index in [4.69, 9.17) is 0 Å². The number of aryl methyl sites for hydroxylation is 1. The zero-order chi connectivity index (χ0) is 12.3. The molecule has 0 amide bonds. The Bertz CT molecular complexity index is 523. The normalized spacial score (nSPS) is 10.2. The summed E-state index contributed by atoms with van der Waals surface area (Å²) in [5, 5.41) is 0.884. The Morgan fingerprint density at radius 2 is 2.35 bits per heavy atom. The minimum atomic E-state index is -0.241. The summed E-state index contributed by atoms with van der Waals surface area (Å²) in [7, 11) is 1.39. The number of esters is 1. The molecule has 0 unspecified atom stereocenters. The van der Waals surface area contributed by atoms with Crippen molar-refractivity contribution in [1.82, 2.24) is 9.97 Å². The van der Waals surface area contributed by atoms with Crippen LogP contribution in [0.25, 0.3) is 10.6 Å². The standard InChI is InChI=1S/C12H12N2O2S/c1-8-10(6-11(15)16-2)17-12(14-8)9-4-3-5-13-7-9/h3-5,7H,6H2,1-2H3. The molecule has 0 fully saturated rings. The van der Waals surface area contributed by atoms with Crippen LogP contribution >= 0.6 is 11.3 Å². The first-order valence-electron chi connectivity index (χ1n) is 5.14. The molecule has 2 heterocycles. The van der Waals surface area contributed by atoms with Crippen LogP contribution in [-0.4, -0.2) is 23.0 Å². The van der Waals surface area contributed by atoms with Gasteiger partial charge in [0.2, 0.25) is 0 Å². The molecule has 0 aliphatic rings. The molecular formula is C12H12N2O2S. The third-order valence-electron chi connectivity index (χ3n) is 2.33. The highest BCUT2D eigenvalue weighted by atomic mass is 32.1. The van der Waals surface area contributed by atoms with Crippen molar-refractivity contribution in [2.45, 2.75) is 13.3 Å². The predicted molar refractivity (Wildman–Crippen MR) is 65.8 cm³/mol. The van der Waals surface area contributed by atoms with Crippen molar-refractivity contribution < 1.29 is 9.53 Å². The number of methoxy groups -OCH3 is 1.